The number of hydrogen-bond acceptors (Lipinski definition) is 6. The molecular formula is C24H27NO4S2. The van der Waals surface area contributed by atoms with Gasteiger partial charge in [-0.25, -0.2) is 0 Å². The van der Waals surface area contributed by atoms with E-state index in [0.717, 1.165) is 24.8 Å². The van der Waals surface area contributed by atoms with Gasteiger partial charge in [0.25, 0.3) is 5.91 Å². The summed E-state index contributed by atoms with van der Waals surface area (Å²) in [5.74, 6) is 3.78. The molecule has 3 unspecified atom stereocenters. The normalized spacial score (nSPS) is 25.0. The fraction of sp³-hybridized carbons (Fsp3) is 0.417. The first-order valence-electron chi connectivity index (χ1n) is 10.5. The van der Waals surface area contributed by atoms with E-state index in [4.69, 9.17) is 26.1 Å². The van der Waals surface area contributed by atoms with Crippen molar-refractivity contribution in [3.8, 4) is 22.8 Å². The summed E-state index contributed by atoms with van der Waals surface area (Å²) in [4.78, 5) is 15.6. The predicted octanol–water partition coefficient (Wildman–Crippen LogP) is 5.99. The van der Waals surface area contributed by atoms with E-state index in [9.17, 15) is 4.79 Å². The smallest absolute Gasteiger partial charge is 0.266 e. The fourth-order valence-corrected chi connectivity index (χ4v) is 5.83. The Hall–Kier alpha value is -2.25. The van der Waals surface area contributed by atoms with Gasteiger partial charge in [0.15, 0.2) is 0 Å². The number of rotatable bonds is 6. The van der Waals surface area contributed by atoms with Crippen molar-refractivity contribution in [3.05, 3.63) is 41.0 Å². The molecule has 7 heteroatoms. The monoisotopic (exact) mass is 457 g/mol. The molecule has 1 saturated carbocycles. The molecule has 2 aliphatic rings. The molecule has 1 aliphatic heterocycles. The highest BCUT2D eigenvalue weighted by molar-refractivity contribution is 8.26. The summed E-state index contributed by atoms with van der Waals surface area (Å²) in [6.45, 7) is 4.44. The van der Waals surface area contributed by atoms with Crippen molar-refractivity contribution < 1.29 is 18.7 Å². The highest BCUT2D eigenvalue weighted by Crippen LogP contribution is 2.43. The zero-order valence-electron chi connectivity index (χ0n) is 18.2. The van der Waals surface area contributed by atoms with E-state index in [-0.39, 0.29) is 11.9 Å². The van der Waals surface area contributed by atoms with E-state index < -0.39 is 0 Å². The number of thioether (sulfide) groups is 1. The number of amides is 1. The van der Waals surface area contributed by atoms with Crippen LogP contribution in [0.1, 0.15) is 38.9 Å². The molecule has 0 N–H and O–H groups in total. The molecule has 1 aliphatic carbocycles. The number of carbonyl (C=O) groups is 1. The van der Waals surface area contributed by atoms with E-state index in [1.165, 1.54) is 11.8 Å². The quantitative estimate of drug-likeness (QED) is 0.392. The summed E-state index contributed by atoms with van der Waals surface area (Å²) in [6, 6.07) is 9.52. The molecule has 2 heterocycles. The van der Waals surface area contributed by atoms with Crippen molar-refractivity contribution in [2.24, 2.45) is 11.8 Å². The van der Waals surface area contributed by atoms with Gasteiger partial charge in [-0.1, -0.05) is 44.2 Å². The van der Waals surface area contributed by atoms with Crippen LogP contribution in [0.5, 0.6) is 11.5 Å². The van der Waals surface area contributed by atoms with Gasteiger partial charge >= 0.3 is 0 Å². The van der Waals surface area contributed by atoms with Gasteiger partial charge in [-0.05, 0) is 48.9 Å². The minimum Gasteiger partial charge on any atom is -0.497 e. The number of nitrogens with zero attached hydrogens (tertiary/aromatic N) is 1. The molecule has 4 rings (SSSR count). The third-order valence-electron chi connectivity index (χ3n) is 6.21. The van der Waals surface area contributed by atoms with E-state index in [0.29, 0.717) is 44.1 Å². The Morgan fingerprint density at radius 1 is 1.19 bits per heavy atom. The van der Waals surface area contributed by atoms with Crippen molar-refractivity contribution in [1.82, 2.24) is 4.90 Å². The molecule has 1 aromatic heterocycles. The minimum atomic E-state index is -0.00963. The van der Waals surface area contributed by atoms with Crippen LogP contribution in [0.25, 0.3) is 17.4 Å². The second kappa shape index (κ2) is 9.09. The average Bonchev–Trinajstić information content (AvgIpc) is 3.46. The van der Waals surface area contributed by atoms with Gasteiger partial charge in [-0.15, -0.1) is 0 Å². The summed E-state index contributed by atoms with van der Waals surface area (Å²) >= 11 is 6.94. The number of hydrogen-bond donors (Lipinski definition) is 0. The fourth-order valence-electron chi connectivity index (χ4n) is 4.48. The topological polar surface area (TPSA) is 51.9 Å². The lowest BCUT2D eigenvalue weighted by molar-refractivity contribution is -0.124. The SMILES string of the molecule is CCC1CC(C)C(N2C(=O)/C(=C/c3ccc(-c4cc(OC)cc(OC)c4)o3)SC2=S)C1. The van der Waals surface area contributed by atoms with Crippen LogP contribution in [0.15, 0.2) is 39.7 Å². The van der Waals surface area contributed by atoms with E-state index in [2.05, 4.69) is 13.8 Å². The van der Waals surface area contributed by atoms with Crippen molar-refractivity contribution in [3.63, 3.8) is 0 Å². The zero-order chi connectivity index (χ0) is 22.1. The van der Waals surface area contributed by atoms with Crippen LogP contribution >= 0.6 is 24.0 Å². The lowest BCUT2D eigenvalue weighted by Crippen LogP contribution is -2.40. The molecule has 2 aromatic rings. The first-order chi connectivity index (χ1) is 14.9. The summed E-state index contributed by atoms with van der Waals surface area (Å²) in [5.41, 5.74) is 0.841. The molecule has 0 radical (unpaired) electrons. The Morgan fingerprint density at radius 3 is 2.52 bits per heavy atom. The molecular weight excluding hydrogens is 430 g/mol. The van der Waals surface area contributed by atoms with Crippen LogP contribution in [0, 0.1) is 11.8 Å². The summed E-state index contributed by atoms with van der Waals surface area (Å²) in [6.07, 6.45) is 5.12. The molecule has 1 amide bonds. The second-order valence-electron chi connectivity index (χ2n) is 8.15. The van der Waals surface area contributed by atoms with E-state index in [1.54, 1.807) is 20.3 Å². The van der Waals surface area contributed by atoms with Crippen LogP contribution in [-0.4, -0.2) is 35.4 Å². The van der Waals surface area contributed by atoms with Gasteiger partial charge in [0.2, 0.25) is 0 Å². The van der Waals surface area contributed by atoms with Crippen molar-refractivity contribution in [2.75, 3.05) is 14.2 Å². The number of benzene rings is 1. The van der Waals surface area contributed by atoms with Gasteiger partial charge in [-0.2, -0.15) is 0 Å². The van der Waals surface area contributed by atoms with E-state index in [1.807, 2.05) is 35.2 Å². The molecule has 3 atom stereocenters. The summed E-state index contributed by atoms with van der Waals surface area (Å²) in [5, 5.41) is 0. The maximum absolute atomic E-state index is 13.2. The Labute approximate surface area is 192 Å². The van der Waals surface area contributed by atoms with Crippen LogP contribution < -0.4 is 9.47 Å². The number of carbonyl (C=O) groups excluding carboxylic acids is 1. The molecule has 5 nitrogen and oxygen atoms in total. The van der Waals surface area contributed by atoms with Crippen LogP contribution in [-0.2, 0) is 4.79 Å². The zero-order valence-corrected chi connectivity index (χ0v) is 19.8. The van der Waals surface area contributed by atoms with Crippen LogP contribution in [0.2, 0.25) is 0 Å². The molecule has 31 heavy (non-hydrogen) atoms. The largest absolute Gasteiger partial charge is 0.497 e. The first kappa shape index (κ1) is 22.0. The van der Waals surface area contributed by atoms with Crippen LogP contribution in [0.3, 0.4) is 0 Å². The number of thiocarbonyl (C=S) groups is 1. The number of furan rings is 1. The highest BCUT2D eigenvalue weighted by Gasteiger charge is 2.43. The minimum absolute atomic E-state index is 0.00963. The Kier molecular flexibility index (Phi) is 6.44. The Morgan fingerprint density at radius 2 is 1.90 bits per heavy atom. The molecule has 164 valence electrons. The maximum atomic E-state index is 13.2. The van der Waals surface area contributed by atoms with Gasteiger partial charge in [-0.3, -0.25) is 9.69 Å². The van der Waals surface area contributed by atoms with Gasteiger partial charge < -0.3 is 13.9 Å². The summed E-state index contributed by atoms with van der Waals surface area (Å²) in [7, 11) is 3.23. The van der Waals surface area contributed by atoms with E-state index >= 15 is 0 Å². The van der Waals surface area contributed by atoms with Crippen molar-refractivity contribution >= 4 is 40.3 Å². The lowest BCUT2D eigenvalue weighted by atomic mass is 10.0. The third-order valence-corrected chi connectivity index (χ3v) is 7.54. The Balaban J connectivity index is 1.56. The first-order valence-corrected chi connectivity index (χ1v) is 11.8. The van der Waals surface area contributed by atoms with Gasteiger partial charge in [0.05, 0.1) is 19.1 Å². The highest BCUT2D eigenvalue weighted by atomic mass is 32.2. The lowest BCUT2D eigenvalue weighted by Gasteiger charge is -2.26. The number of ether oxygens (including phenoxy) is 2. The van der Waals surface area contributed by atoms with Gasteiger partial charge in [0, 0.05) is 23.7 Å². The molecule has 2 fully saturated rings. The van der Waals surface area contributed by atoms with Crippen LogP contribution in [0.4, 0.5) is 0 Å². The molecule has 1 aromatic carbocycles. The third kappa shape index (κ3) is 4.39. The average molecular weight is 458 g/mol. The standard InChI is InChI=1S/C24H27NO4S2/c1-5-15-8-14(2)20(9-15)25-23(26)22(31-24(25)30)13-17-6-7-21(29-17)16-10-18(27-3)12-19(11-16)28-4/h6-7,10-15,20H,5,8-9H2,1-4H3/b22-13-. The maximum Gasteiger partial charge on any atom is 0.266 e. The number of methoxy groups -OCH3 is 2. The molecule has 0 spiro atoms. The van der Waals surface area contributed by atoms with Crippen molar-refractivity contribution in [1.29, 1.82) is 0 Å². The molecule has 0 bridgehead atoms. The van der Waals surface area contributed by atoms with Gasteiger partial charge in [0.1, 0.15) is 27.3 Å². The Bertz CT molecular complexity index is 1010. The second-order valence-corrected chi connectivity index (χ2v) is 9.82. The van der Waals surface area contributed by atoms with Crippen molar-refractivity contribution in [2.45, 2.75) is 39.2 Å². The summed E-state index contributed by atoms with van der Waals surface area (Å²) < 4.78 is 17.3. The predicted molar refractivity (Wildman–Crippen MR) is 128 cm³/mol. The molecule has 1 saturated heterocycles.